The van der Waals surface area contributed by atoms with E-state index in [4.69, 9.17) is 0 Å². The molecule has 0 aliphatic carbocycles. The van der Waals surface area contributed by atoms with Crippen molar-refractivity contribution in [2.45, 2.75) is 50.6 Å². The molecule has 8 nitrogen and oxygen atoms in total. The Hall–Kier alpha value is -1.42. The average Bonchev–Trinajstić information content (AvgIpc) is 3.12. The first-order chi connectivity index (χ1) is 11.4. The Morgan fingerprint density at radius 1 is 1.42 bits per heavy atom. The SMILES string of the molecule is CC(O)[C@H]1C(=O)N2C(C(O)O)=C(SC3Cn4cnc[n+]4C3)[C@H](C)[C@H]12. The van der Waals surface area contributed by atoms with Crippen LogP contribution in [0.2, 0.25) is 0 Å². The van der Waals surface area contributed by atoms with E-state index in [2.05, 4.69) is 4.98 Å². The van der Waals surface area contributed by atoms with Crippen molar-refractivity contribution in [1.82, 2.24) is 14.6 Å². The minimum Gasteiger partial charge on any atom is -0.393 e. The fourth-order valence-electron chi connectivity index (χ4n) is 4.11. The molecule has 3 aliphatic heterocycles. The number of aromatic nitrogens is 3. The van der Waals surface area contributed by atoms with Crippen LogP contribution in [0.1, 0.15) is 13.8 Å². The second-order valence-electron chi connectivity index (χ2n) is 6.74. The van der Waals surface area contributed by atoms with Crippen LogP contribution in [0.4, 0.5) is 0 Å². The maximum atomic E-state index is 12.3. The van der Waals surface area contributed by atoms with Gasteiger partial charge in [-0.15, -0.1) is 11.8 Å². The molecule has 130 valence electrons. The molecule has 4 heterocycles. The van der Waals surface area contributed by atoms with Crippen LogP contribution in [0, 0.1) is 11.8 Å². The number of hydrogen-bond donors (Lipinski definition) is 3. The van der Waals surface area contributed by atoms with Gasteiger partial charge in [0.05, 0.1) is 35.6 Å². The summed E-state index contributed by atoms with van der Waals surface area (Å²) in [5.74, 6) is -0.716. The van der Waals surface area contributed by atoms with Gasteiger partial charge in [0.1, 0.15) is 6.54 Å². The summed E-state index contributed by atoms with van der Waals surface area (Å²) in [4.78, 5) is 18.7. The lowest BCUT2D eigenvalue weighted by molar-refractivity contribution is -0.758. The van der Waals surface area contributed by atoms with E-state index < -0.39 is 18.3 Å². The Morgan fingerprint density at radius 2 is 2.17 bits per heavy atom. The number of aliphatic hydroxyl groups is 3. The molecule has 4 rings (SSSR count). The Labute approximate surface area is 143 Å². The maximum Gasteiger partial charge on any atom is 0.306 e. The first-order valence-corrected chi connectivity index (χ1v) is 8.96. The van der Waals surface area contributed by atoms with Crippen molar-refractivity contribution in [3.63, 3.8) is 0 Å². The molecule has 3 aliphatic rings. The number of carbonyl (C=O) groups is 1. The third kappa shape index (κ3) is 2.15. The molecule has 9 heteroatoms. The van der Waals surface area contributed by atoms with Crippen LogP contribution in [-0.2, 0) is 17.9 Å². The van der Waals surface area contributed by atoms with Gasteiger partial charge >= 0.3 is 6.33 Å². The highest BCUT2D eigenvalue weighted by atomic mass is 32.2. The summed E-state index contributed by atoms with van der Waals surface area (Å²) in [5, 5.41) is 29.8. The lowest BCUT2D eigenvalue weighted by Gasteiger charge is -2.47. The summed E-state index contributed by atoms with van der Waals surface area (Å²) in [6.45, 7) is 5.17. The van der Waals surface area contributed by atoms with Gasteiger partial charge in [-0.25, -0.2) is 0 Å². The lowest BCUT2D eigenvalue weighted by Crippen LogP contribution is -2.63. The summed E-state index contributed by atoms with van der Waals surface area (Å²) in [6.07, 6.45) is 1.12. The Bertz CT molecular complexity index is 696. The quantitative estimate of drug-likeness (QED) is 0.352. The van der Waals surface area contributed by atoms with Crippen molar-refractivity contribution in [3.8, 4) is 0 Å². The third-order valence-electron chi connectivity index (χ3n) is 5.20. The molecule has 1 fully saturated rings. The van der Waals surface area contributed by atoms with E-state index in [0.29, 0.717) is 5.70 Å². The van der Waals surface area contributed by atoms with Crippen LogP contribution in [0.5, 0.6) is 0 Å². The standard InChI is InChI=1S/C15H21N4O4S/c1-7-11-10(8(2)20)14(21)19(11)12(15(22)23)13(7)24-9-3-17-5-16-6-18(17)4-9/h5-11,15,20,22-23H,3-4H2,1-2H3/q+1/t7-,8?,10-,11-/m1/s1. The van der Waals surface area contributed by atoms with Crippen LogP contribution in [0.25, 0.3) is 0 Å². The number of fused-ring (bicyclic) bond motifs is 2. The highest BCUT2D eigenvalue weighted by Crippen LogP contribution is 2.52. The predicted molar refractivity (Wildman–Crippen MR) is 84.0 cm³/mol. The molecule has 1 unspecified atom stereocenters. The zero-order chi connectivity index (χ0) is 17.2. The van der Waals surface area contributed by atoms with Crippen molar-refractivity contribution in [1.29, 1.82) is 0 Å². The molecular formula is C15H21N4O4S+. The largest absolute Gasteiger partial charge is 0.393 e. The summed E-state index contributed by atoms with van der Waals surface area (Å²) in [5.41, 5.74) is 0.291. The van der Waals surface area contributed by atoms with Crippen LogP contribution >= 0.6 is 11.8 Å². The molecule has 1 saturated heterocycles. The van der Waals surface area contributed by atoms with Crippen LogP contribution in [0.3, 0.4) is 0 Å². The normalized spacial score (nSPS) is 33.1. The minimum atomic E-state index is -1.69. The molecule has 1 aromatic rings. The molecule has 0 radical (unpaired) electrons. The Morgan fingerprint density at radius 3 is 2.79 bits per heavy atom. The van der Waals surface area contributed by atoms with Crippen LogP contribution in [-0.4, -0.2) is 59.5 Å². The monoisotopic (exact) mass is 353 g/mol. The Kier molecular flexibility index (Phi) is 3.72. The molecule has 24 heavy (non-hydrogen) atoms. The highest BCUT2D eigenvalue weighted by molar-refractivity contribution is 8.03. The maximum absolute atomic E-state index is 12.3. The zero-order valence-corrected chi connectivity index (χ0v) is 14.3. The lowest BCUT2D eigenvalue weighted by atomic mass is 9.79. The number of aliphatic hydroxyl groups excluding tert-OH is 2. The van der Waals surface area contributed by atoms with Crippen molar-refractivity contribution in [2.75, 3.05) is 0 Å². The summed E-state index contributed by atoms with van der Waals surface area (Å²) in [7, 11) is 0. The predicted octanol–water partition coefficient (Wildman–Crippen LogP) is -1.33. The molecular weight excluding hydrogens is 332 g/mol. The average molecular weight is 353 g/mol. The Balaban J connectivity index is 1.59. The van der Waals surface area contributed by atoms with Gasteiger partial charge in [-0.2, -0.15) is 9.36 Å². The molecule has 0 aromatic carbocycles. The fourth-order valence-corrected chi connectivity index (χ4v) is 5.61. The van der Waals surface area contributed by atoms with Crippen molar-refractivity contribution < 1.29 is 24.8 Å². The molecule has 3 N–H and O–H groups in total. The fraction of sp³-hybridized carbons (Fsp3) is 0.667. The van der Waals surface area contributed by atoms with Gasteiger partial charge in [0.25, 0.3) is 0 Å². The second-order valence-corrected chi connectivity index (χ2v) is 8.08. The number of carbonyl (C=O) groups excluding carboxylic acids is 1. The smallest absolute Gasteiger partial charge is 0.306 e. The van der Waals surface area contributed by atoms with E-state index >= 15 is 0 Å². The van der Waals surface area contributed by atoms with Gasteiger partial charge < -0.3 is 20.2 Å². The minimum absolute atomic E-state index is 0.0211. The van der Waals surface area contributed by atoms with Gasteiger partial charge in [-0.3, -0.25) is 4.79 Å². The summed E-state index contributed by atoms with van der Waals surface area (Å²) in [6, 6.07) is -0.188. The van der Waals surface area contributed by atoms with E-state index in [9.17, 15) is 20.1 Å². The van der Waals surface area contributed by atoms with E-state index in [1.165, 1.54) is 4.90 Å². The molecule has 0 saturated carbocycles. The summed E-state index contributed by atoms with van der Waals surface area (Å²) >= 11 is 1.60. The highest BCUT2D eigenvalue weighted by Gasteiger charge is 2.59. The van der Waals surface area contributed by atoms with E-state index in [1.54, 1.807) is 31.3 Å². The van der Waals surface area contributed by atoms with E-state index in [1.807, 2.05) is 16.3 Å². The first-order valence-electron chi connectivity index (χ1n) is 8.08. The van der Waals surface area contributed by atoms with E-state index in [0.717, 1.165) is 18.0 Å². The number of rotatable bonds is 4. The van der Waals surface area contributed by atoms with E-state index in [-0.39, 0.29) is 23.1 Å². The summed E-state index contributed by atoms with van der Waals surface area (Å²) < 4.78 is 4.04. The van der Waals surface area contributed by atoms with Crippen molar-refractivity contribution in [2.24, 2.45) is 11.8 Å². The molecule has 1 amide bonds. The number of amides is 1. The van der Waals surface area contributed by atoms with Crippen molar-refractivity contribution >= 4 is 17.7 Å². The molecule has 0 bridgehead atoms. The van der Waals surface area contributed by atoms with Gasteiger partial charge in [0, 0.05) is 10.8 Å². The second kappa shape index (κ2) is 5.55. The molecule has 1 aromatic heterocycles. The number of hydrogen-bond acceptors (Lipinski definition) is 6. The topological polar surface area (TPSA) is 103 Å². The third-order valence-corrected chi connectivity index (χ3v) is 6.66. The number of β-lactam (4-membered cyclic amide) rings is 1. The van der Waals surface area contributed by atoms with Crippen LogP contribution < -0.4 is 4.68 Å². The molecule has 0 spiro atoms. The van der Waals surface area contributed by atoms with Crippen LogP contribution in [0.15, 0.2) is 23.3 Å². The number of nitrogens with zero attached hydrogens (tertiary/aromatic N) is 4. The van der Waals surface area contributed by atoms with Gasteiger partial charge in [-0.1, -0.05) is 6.92 Å². The zero-order valence-electron chi connectivity index (χ0n) is 13.5. The first kappa shape index (κ1) is 16.1. The van der Waals surface area contributed by atoms with Crippen molar-refractivity contribution in [3.05, 3.63) is 23.3 Å². The van der Waals surface area contributed by atoms with Gasteiger partial charge in [0.2, 0.25) is 12.2 Å². The van der Waals surface area contributed by atoms with Gasteiger partial charge in [-0.05, 0) is 11.9 Å². The molecule has 4 atom stereocenters. The van der Waals surface area contributed by atoms with Gasteiger partial charge in [0.15, 0.2) is 6.29 Å². The number of thioether (sulfide) groups is 1.